The third kappa shape index (κ3) is 5.07. The van der Waals surface area contributed by atoms with Crippen molar-refractivity contribution in [1.29, 1.82) is 0 Å². The van der Waals surface area contributed by atoms with Crippen LogP contribution in [0.2, 0.25) is 0 Å². The fraction of sp³-hybridized carbons (Fsp3) is 0.500. The van der Waals surface area contributed by atoms with Gasteiger partial charge in [-0.25, -0.2) is 9.59 Å². The van der Waals surface area contributed by atoms with Crippen LogP contribution in [0.5, 0.6) is 5.75 Å². The number of rotatable bonds is 7. The lowest BCUT2D eigenvalue weighted by molar-refractivity contribution is -0.343. The van der Waals surface area contributed by atoms with Crippen LogP contribution in [-0.4, -0.2) is 105 Å². The minimum atomic E-state index is -1.90. The molecule has 1 fully saturated rings. The third-order valence-electron chi connectivity index (χ3n) is 6.64. The van der Waals surface area contributed by atoms with Crippen molar-refractivity contribution >= 4 is 11.9 Å². The van der Waals surface area contributed by atoms with E-state index in [0.717, 1.165) is 13.4 Å². The van der Waals surface area contributed by atoms with Gasteiger partial charge in [-0.2, -0.15) is 0 Å². The number of methoxy groups -OCH3 is 1. The summed E-state index contributed by atoms with van der Waals surface area (Å²) in [5.41, 5.74) is -1.64. The molecule has 13 heteroatoms. The summed E-state index contributed by atoms with van der Waals surface area (Å²) in [6.45, 7) is -1.02. The highest BCUT2D eigenvalue weighted by atomic mass is 16.8. The molecular weight excluding hydrogens is 496 g/mol. The Kier molecular flexibility index (Phi) is 7.85. The smallest absolute Gasteiger partial charge is 0.339 e. The van der Waals surface area contributed by atoms with Crippen LogP contribution >= 0.6 is 0 Å². The SMILES string of the molecule is COC(=O)C1=COC(OC2OC(CO)C(O)C(O)C2O)C2C(COC(=O)c3ccc(O)cc3)=CCC12O. The zero-order valence-electron chi connectivity index (χ0n) is 19.7. The summed E-state index contributed by atoms with van der Waals surface area (Å²) >= 11 is 0. The lowest BCUT2D eigenvalue weighted by Gasteiger charge is -2.44. The van der Waals surface area contributed by atoms with Crippen molar-refractivity contribution in [1.82, 2.24) is 0 Å². The molecule has 0 aromatic heterocycles. The molecule has 2 aliphatic heterocycles. The number of esters is 2. The van der Waals surface area contributed by atoms with Gasteiger partial charge in [-0.1, -0.05) is 6.08 Å². The largest absolute Gasteiger partial charge is 0.508 e. The van der Waals surface area contributed by atoms with E-state index >= 15 is 0 Å². The van der Waals surface area contributed by atoms with E-state index in [2.05, 4.69) is 0 Å². The molecule has 1 aromatic carbocycles. The maximum absolute atomic E-state index is 12.5. The Morgan fingerprint density at radius 1 is 1.05 bits per heavy atom. The number of hydrogen-bond donors (Lipinski definition) is 6. The van der Waals surface area contributed by atoms with E-state index in [1.165, 1.54) is 24.3 Å². The van der Waals surface area contributed by atoms with Crippen LogP contribution in [0, 0.1) is 5.92 Å². The van der Waals surface area contributed by atoms with Crippen molar-refractivity contribution in [2.75, 3.05) is 20.3 Å². The highest BCUT2D eigenvalue weighted by Gasteiger charge is 2.57. The molecule has 0 radical (unpaired) electrons. The minimum absolute atomic E-state index is 0.0326. The molecule has 37 heavy (non-hydrogen) atoms. The molecule has 6 N–H and O–H groups in total. The summed E-state index contributed by atoms with van der Waals surface area (Å²) < 4.78 is 26.8. The Labute approximate surface area is 210 Å². The number of aliphatic hydroxyl groups excluding tert-OH is 4. The van der Waals surface area contributed by atoms with Crippen molar-refractivity contribution in [2.45, 2.75) is 49.0 Å². The third-order valence-corrected chi connectivity index (χ3v) is 6.64. The Morgan fingerprint density at radius 3 is 2.41 bits per heavy atom. The first-order valence-electron chi connectivity index (χ1n) is 11.4. The quantitative estimate of drug-likeness (QED) is 0.177. The topological polar surface area (TPSA) is 202 Å². The zero-order chi connectivity index (χ0) is 26.9. The average molecular weight is 524 g/mol. The molecule has 4 rings (SSSR count). The molecule has 13 nitrogen and oxygen atoms in total. The second kappa shape index (κ2) is 10.8. The number of aromatic hydroxyl groups is 1. The molecule has 0 amide bonds. The van der Waals surface area contributed by atoms with Crippen molar-refractivity contribution in [3.63, 3.8) is 0 Å². The van der Waals surface area contributed by atoms with Crippen molar-refractivity contribution in [2.24, 2.45) is 5.92 Å². The van der Waals surface area contributed by atoms with Gasteiger partial charge in [0.2, 0.25) is 6.29 Å². The Bertz CT molecular complexity index is 1060. The van der Waals surface area contributed by atoms with Gasteiger partial charge >= 0.3 is 11.9 Å². The molecule has 1 aliphatic carbocycles. The second-order valence-electron chi connectivity index (χ2n) is 8.87. The van der Waals surface area contributed by atoms with Gasteiger partial charge in [-0.15, -0.1) is 0 Å². The predicted molar refractivity (Wildman–Crippen MR) is 119 cm³/mol. The number of ether oxygens (including phenoxy) is 5. The van der Waals surface area contributed by atoms with Crippen molar-refractivity contribution in [3.05, 3.63) is 53.3 Å². The van der Waals surface area contributed by atoms with Gasteiger partial charge < -0.3 is 54.3 Å². The van der Waals surface area contributed by atoms with E-state index < -0.39 is 67.1 Å². The maximum Gasteiger partial charge on any atom is 0.339 e. The number of phenols is 1. The zero-order valence-corrected chi connectivity index (χ0v) is 19.7. The lowest BCUT2D eigenvalue weighted by Crippen LogP contribution is -2.61. The monoisotopic (exact) mass is 524 g/mol. The first-order chi connectivity index (χ1) is 17.6. The fourth-order valence-corrected chi connectivity index (χ4v) is 4.58. The van der Waals surface area contributed by atoms with E-state index in [0.29, 0.717) is 5.57 Å². The normalized spacial score (nSPS) is 35.0. The number of benzene rings is 1. The molecule has 202 valence electrons. The van der Waals surface area contributed by atoms with Crippen LogP contribution in [0.1, 0.15) is 16.8 Å². The van der Waals surface area contributed by atoms with Gasteiger partial charge in [0.1, 0.15) is 47.9 Å². The second-order valence-corrected chi connectivity index (χ2v) is 8.87. The number of hydrogen-bond acceptors (Lipinski definition) is 13. The highest BCUT2D eigenvalue weighted by Crippen LogP contribution is 2.47. The maximum atomic E-state index is 12.5. The summed E-state index contributed by atoms with van der Waals surface area (Å²) in [6, 6.07) is 5.36. The number of aliphatic hydroxyl groups is 5. The molecule has 1 aromatic rings. The summed E-state index contributed by atoms with van der Waals surface area (Å²) in [7, 11) is 1.13. The first kappa shape index (κ1) is 27.0. The molecule has 0 saturated carbocycles. The number of carbonyl (C=O) groups is 2. The standard InChI is InChI=1S/C24H28O13/c1-33-21(31)14-10-35-22(37-23-19(29)18(28)17(27)15(8-25)36-23)16-12(6-7-24(14,16)32)9-34-20(30)11-2-4-13(26)5-3-11/h2-6,10,15-19,22-23,25-29,32H,7-9H2,1H3. The van der Waals surface area contributed by atoms with Crippen LogP contribution in [0.15, 0.2) is 47.7 Å². The van der Waals surface area contributed by atoms with Crippen LogP contribution in [0.4, 0.5) is 0 Å². The van der Waals surface area contributed by atoms with Crippen molar-refractivity contribution in [3.8, 4) is 5.75 Å². The summed E-state index contributed by atoms with van der Waals surface area (Å²) in [5, 5.41) is 60.8. The highest BCUT2D eigenvalue weighted by molar-refractivity contribution is 5.91. The fourth-order valence-electron chi connectivity index (χ4n) is 4.58. The Balaban J connectivity index is 1.56. The van der Waals surface area contributed by atoms with Gasteiger partial charge in [0, 0.05) is 0 Å². The number of phenolic OH excluding ortho intramolecular Hbond substituents is 1. The average Bonchev–Trinajstić information content (AvgIpc) is 3.24. The predicted octanol–water partition coefficient (Wildman–Crippen LogP) is -1.54. The summed E-state index contributed by atoms with van der Waals surface area (Å²) in [5.74, 6) is -2.76. The van der Waals surface area contributed by atoms with E-state index in [1.54, 1.807) is 6.08 Å². The molecule has 0 spiro atoms. The van der Waals surface area contributed by atoms with Gasteiger partial charge in [-0.3, -0.25) is 0 Å². The minimum Gasteiger partial charge on any atom is -0.508 e. The number of carbonyl (C=O) groups excluding carboxylic acids is 2. The summed E-state index contributed by atoms with van der Waals surface area (Å²) in [6.07, 6.45) is -6.94. The first-order valence-corrected chi connectivity index (χ1v) is 11.4. The molecule has 8 unspecified atom stereocenters. The number of fused-ring (bicyclic) bond motifs is 1. The van der Waals surface area contributed by atoms with Gasteiger partial charge in [0.15, 0.2) is 6.29 Å². The van der Waals surface area contributed by atoms with Crippen LogP contribution in [0.3, 0.4) is 0 Å². The van der Waals surface area contributed by atoms with E-state index in [1.807, 2.05) is 0 Å². The van der Waals surface area contributed by atoms with Gasteiger partial charge in [0.05, 0.1) is 31.5 Å². The van der Waals surface area contributed by atoms with E-state index in [9.17, 15) is 40.2 Å². The van der Waals surface area contributed by atoms with E-state index in [-0.39, 0.29) is 29.9 Å². The van der Waals surface area contributed by atoms with Crippen LogP contribution < -0.4 is 0 Å². The van der Waals surface area contributed by atoms with Gasteiger partial charge in [-0.05, 0) is 36.3 Å². The Morgan fingerprint density at radius 2 is 1.76 bits per heavy atom. The Hall–Kier alpha value is -3.04. The van der Waals surface area contributed by atoms with Crippen molar-refractivity contribution < 1.29 is 63.9 Å². The molecule has 1 saturated heterocycles. The van der Waals surface area contributed by atoms with E-state index in [4.69, 9.17) is 23.7 Å². The van der Waals surface area contributed by atoms with Gasteiger partial charge in [0.25, 0.3) is 0 Å². The molecule has 0 bridgehead atoms. The molecular formula is C24H28O13. The molecule has 3 aliphatic rings. The summed E-state index contributed by atoms with van der Waals surface area (Å²) in [4.78, 5) is 24.8. The molecule has 2 heterocycles. The van der Waals surface area contributed by atoms with Crippen LogP contribution in [0.25, 0.3) is 0 Å². The van der Waals surface area contributed by atoms with Crippen LogP contribution in [-0.2, 0) is 28.5 Å². The molecule has 8 atom stereocenters. The lowest BCUT2D eigenvalue weighted by atomic mass is 9.79.